The van der Waals surface area contributed by atoms with Gasteiger partial charge in [0.15, 0.2) is 5.76 Å². The number of halogens is 1. The van der Waals surface area contributed by atoms with Gasteiger partial charge < -0.3 is 15.0 Å². The molecule has 0 fully saturated rings. The second-order valence-corrected chi connectivity index (χ2v) is 3.23. The molecule has 5 heteroatoms. The summed E-state index contributed by atoms with van der Waals surface area (Å²) in [5.74, 6) is 0.729. The van der Waals surface area contributed by atoms with Crippen molar-refractivity contribution in [3.05, 3.63) is 35.8 Å². The van der Waals surface area contributed by atoms with Crippen LogP contribution in [-0.2, 0) is 6.54 Å². The molecule has 1 aromatic carbocycles. The van der Waals surface area contributed by atoms with Gasteiger partial charge in [-0.2, -0.15) is 0 Å². The van der Waals surface area contributed by atoms with Crippen LogP contribution in [0.25, 0.3) is 11.3 Å². The molecule has 0 aliphatic heterocycles. The normalized spacial score (nSPS) is 10.4. The fourth-order valence-corrected chi connectivity index (χ4v) is 1.42. The first-order chi connectivity index (χ1) is 7.74. The van der Waals surface area contributed by atoms with E-state index in [0.29, 0.717) is 22.8 Å². The smallest absolute Gasteiger partial charge is 0.150 e. The highest BCUT2D eigenvalue weighted by atomic mass is 19.1. The number of hydrogen-bond donors (Lipinski definition) is 1. The Morgan fingerprint density at radius 2 is 2.25 bits per heavy atom. The molecule has 0 spiro atoms. The van der Waals surface area contributed by atoms with E-state index in [2.05, 4.69) is 5.16 Å². The van der Waals surface area contributed by atoms with Crippen molar-refractivity contribution >= 4 is 0 Å². The first kappa shape index (κ1) is 10.6. The maximum Gasteiger partial charge on any atom is 0.150 e. The molecule has 1 heterocycles. The molecule has 0 aliphatic carbocycles. The Morgan fingerprint density at radius 1 is 1.44 bits per heavy atom. The number of methoxy groups -OCH3 is 1. The monoisotopic (exact) mass is 222 g/mol. The summed E-state index contributed by atoms with van der Waals surface area (Å²) < 4.78 is 23.2. The molecular weight excluding hydrogens is 211 g/mol. The molecule has 0 atom stereocenters. The molecule has 0 bridgehead atoms. The summed E-state index contributed by atoms with van der Waals surface area (Å²) >= 11 is 0. The number of benzene rings is 1. The van der Waals surface area contributed by atoms with Crippen molar-refractivity contribution in [2.45, 2.75) is 6.54 Å². The summed E-state index contributed by atoms with van der Waals surface area (Å²) in [6, 6.07) is 5.88. The standard InChI is InChI=1S/C11H11FN2O2/c1-15-11-3-2-7(12)4-9(11)10-5-8(6-13)16-14-10/h2-5H,6,13H2,1H3. The third-order valence-electron chi connectivity index (χ3n) is 2.20. The van der Waals surface area contributed by atoms with Crippen LogP contribution in [0.5, 0.6) is 5.75 Å². The molecule has 0 aliphatic rings. The maximum atomic E-state index is 13.1. The lowest BCUT2D eigenvalue weighted by Gasteiger charge is -2.04. The molecule has 4 nitrogen and oxygen atoms in total. The van der Waals surface area contributed by atoms with Crippen LogP contribution < -0.4 is 10.5 Å². The third kappa shape index (κ3) is 1.90. The van der Waals surface area contributed by atoms with E-state index in [0.717, 1.165) is 0 Å². The molecule has 84 valence electrons. The van der Waals surface area contributed by atoms with Crippen molar-refractivity contribution in [1.82, 2.24) is 5.16 Å². The Hall–Kier alpha value is -1.88. The van der Waals surface area contributed by atoms with Crippen LogP contribution >= 0.6 is 0 Å². The van der Waals surface area contributed by atoms with Crippen LogP contribution in [0.4, 0.5) is 4.39 Å². The number of nitrogens with two attached hydrogens (primary N) is 1. The van der Waals surface area contributed by atoms with E-state index in [1.165, 1.54) is 19.2 Å². The van der Waals surface area contributed by atoms with Gasteiger partial charge in [-0.05, 0) is 18.2 Å². The van der Waals surface area contributed by atoms with Crippen LogP contribution in [0.3, 0.4) is 0 Å². The summed E-state index contributed by atoms with van der Waals surface area (Å²) in [6.07, 6.45) is 0. The molecule has 1 aromatic heterocycles. The van der Waals surface area contributed by atoms with Crippen molar-refractivity contribution in [2.24, 2.45) is 5.73 Å². The van der Waals surface area contributed by atoms with E-state index in [4.69, 9.17) is 15.0 Å². The van der Waals surface area contributed by atoms with Gasteiger partial charge in [0, 0.05) is 11.6 Å². The van der Waals surface area contributed by atoms with Gasteiger partial charge in [0.25, 0.3) is 0 Å². The van der Waals surface area contributed by atoms with Gasteiger partial charge >= 0.3 is 0 Å². The van der Waals surface area contributed by atoms with Crippen molar-refractivity contribution in [1.29, 1.82) is 0 Å². The van der Waals surface area contributed by atoms with Gasteiger partial charge in [-0.25, -0.2) is 4.39 Å². The van der Waals surface area contributed by atoms with E-state index < -0.39 is 0 Å². The predicted molar refractivity (Wildman–Crippen MR) is 56.3 cm³/mol. The van der Waals surface area contributed by atoms with Crippen LogP contribution in [0.2, 0.25) is 0 Å². The first-order valence-corrected chi connectivity index (χ1v) is 4.74. The Labute approximate surface area is 91.8 Å². The van der Waals surface area contributed by atoms with E-state index in [1.807, 2.05) is 0 Å². The molecule has 2 N–H and O–H groups in total. The van der Waals surface area contributed by atoms with Crippen LogP contribution in [0.1, 0.15) is 5.76 Å². The SMILES string of the molecule is COc1ccc(F)cc1-c1cc(CN)on1. The second kappa shape index (κ2) is 4.32. The quantitative estimate of drug-likeness (QED) is 0.862. The summed E-state index contributed by atoms with van der Waals surface area (Å²) in [5.41, 5.74) is 6.46. The van der Waals surface area contributed by atoms with Gasteiger partial charge in [-0.1, -0.05) is 5.16 Å². The molecule has 0 radical (unpaired) electrons. The molecule has 0 saturated carbocycles. The lowest BCUT2D eigenvalue weighted by Crippen LogP contribution is -1.92. The zero-order chi connectivity index (χ0) is 11.5. The van der Waals surface area contributed by atoms with Gasteiger partial charge in [-0.3, -0.25) is 0 Å². The summed E-state index contributed by atoms with van der Waals surface area (Å²) in [4.78, 5) is 0. The summed E-state index contributed by atoms with van der Waals surface area (Å²) in [6.45, 7) is 0.255. The van der Waals surface area contributed by atoms with E-state index >= 15 is 0 Å². The van der Waals surface area contributed by atoms with E-state index in [-0.39, 0.29) is 12.4 Å². The average Bonchev–Trinajstić information content (AvgIpc) is 2.77. The van der Waals surface area contributed by atoms with Gasteiger partial charge in [-0.15, -0.1) is 0 Å². The highest BCUT2D eigenvalue weighted by Crippen LogP contribution is 2.29. The largest absolute Gasteiger partial charge is 0.496 e. The summed E-state index contributed by atoms with van der Waals surface area (Å²) in [5, 5.41) is 3.81. The Balaban J connectivity index is 2.49. The molecule has 2 aromatic rings. The lowest BCUT2D eigenvalue weighted by molar-refractivity contribution is 0.385. The van der Waals surface area contributed by atoms with Crippen LogP contribution in [0.15, 0.2) is 28.8 Å². The Kier molecular flexibility index (Phi) is 2.87. The number of rotatable bonds is 3. The lowest BCUT2D eigenvalue weighted by atomic mass is 10.1. The average molecular weight is 222 g/mol. The molecular formula is C11H11FN2O2. The molecule has 0 saturated heterocycles. The highest BCUT2D eigenvalue weighted by molar-refractivity contribution is 5.67. The van der Waals surface area contributed by atoms with Gasteiger partial charge in [0.2, 0.25) is 0 Å². The number of aromatic nitrogens is 1. The highest BCUT2D eigenvalue weighted by Gasteiger charge is 2.11. The Bertz CT molecular complexity index is 496. The minimum atomic E-state index is -0.354. The van der Waals surface area contributed by atoms with Crippen molar-refractivity contribution in [2.75, 3.05) is 7.11 Å². The molecule has 16 heavy (non-hydrogen) atoms. The van der Waals surface area contributed by atoms with Crippen molar-refractivity contribution < 1.29 is 13.7 Å². The fourth-order valence-electron chi connectivity index (χ4n) is 1.42. The minimum Gasteiger partial charge on any atom is -0.496 e. The Morgan fingerprint density at radius 3 is 2.88 bits per heavy atom. The third-order valence-corrected chi connectivity index (χ3v) is 2.20. The number of ether oxygens (including phenoxy) is 1. The van der Waals surface area contributed by atoms with Crippen molar-refractivity contribution in [3.8, 4) is 17.0 Å². The fraction of sp³-hybridized carbons (Fsp3) is 0.182. The topological polar surface area (TPSA) is 61.3 Å². The maximum absolute atomic E-state index is 13.1. The zero-order valence-electron chi connectivity index (χ0n) is 8.74. The van der Waals surface area contributed by atoms with Gasteiger partial charge in [0.05, 0.1) is 13.7 Å². The second-order valence-electron chi connectivity index (χ2n) is 3.23. The first-order valence-electron chi connectivity index (χ1n) is 4.74. The van der Waals surface area contributed by atoms with E-state index in [1.54, 1.807) is 12.1 Å². The predicted octanol–water partition coefficient (Wildman–Crippen LogP) is 1.95. The van der Waals surface area contributed by atoms with Crippen LogP contribution in [0, 0.1) is 5.82 Å². The van der Waals surface area contributed by atoms with Crippen LogP contribution in [-0.4, -0.2) is 12.3 Å². The molecule has 0 amide bonds. The summed E-state index contributed by atoms with van der Waals surface area (Å²) in [7, 11) is 1.51. The number of nitrogens with zero attached hydrogens (tertiary/aromatic N) is 1. The zero-order valence-corrected chi connectivity index (χ0v) is 8.74. The van der Waals surface area contributed by atoms with E-state index in [9.17, 15) is 4.39 Å². The molecule has 2 rings (SSSR count). The number of hydrogen-bond acceptors (Lipinski definition) is 4. The minimum absolute atomic E-state index is 0.255. The van der Waals surface area contributed by atoms with Gasteiger partial charge in [0.1, 0.15) is 17.3 Å². The van der Waals surface area contributed by atoms with Crippen molar-refractivity contribution in [3.63, 3.8) is 0 Å². The molecule has 0 unspecified atom stereocenters.